The summed E-state index contributed by atoms with van der Waals surface area (Å²) in [6.45, 7) is 0.539. The molecular weight excluding hydrogens is 294 g/mol. The second kappa shape index (κ2) is 7.53. The van der Waals surface area contributed by atoms with E-state index in [1.54, 1.807) is 12.1 Å². The van der Waals surface area contributed by atoms with Crippen LogP contribution in [0, 0.1) is 0 Å². The van der Waals surface area contributed by atoms with Crippen molar-refractivity contribution in [2.75, 3.05) is 5.32 Å². The minimum absolute atomic E-state index is 0.0376. The Bertz CT molecular complexity index is 620. The predicted octanol–water partition coefficient (Wildman–Crippen LogP) is 5.68. The molecule has 1 aromatic heterocycles. The molecule has 1 N–H and O–H groups in total. The molecule has 1 saturated carbocycles. The third-order valence-electron chi connectivity index (χ3n) is 4.54. The van der Waals surface area contributed by atoms with Crippen molar-refractivity contribution in [2.45, 2.75) is 51.0 Å². The van der Waals surface area contributed by atoms with Crippen molar-refractivity contribution in [1.29, 1.82) is 0 Å². The number of halogens is 2. The zero-order chi connectivity index (χ0) is 16.1. The fourth-order valence-electron chi connectivity index (χ4n) is 3.19. The van der Waals surface area contributed by atoms with Crippen molar-refractivity contribution in [3.8, 4) is 0 Å². The molecular formula is C19H22F2N2. The van der Waals surface area contributed by atoms with E-state index in [-0.39, 0.29) is 5.56 Å². The number of alkyl halides is 2. The first-order valence-electron chi connectivity index (χ1n) is 8.29. The van der Waals surface area contributed by atoms with E-state index in [4.69, 9.17) is 0 Å². The fourth-order valence-corrected chi connectivity index (χ4v) is 3.19. The smallest absolute Gasteiger partial charge is 0.263 e. The summed E-state index contributed by atoms with van der Waals surface area (Å²) in [5.41, 5.74) is 2.98. The number of nitrogens with zero attached hydrogens (tertiary/aromatic N) is 1. The van der Waals surface area contributed by atoms with Crippen LogP contribution in [0.3, 0.4) is 0 Å². The Kier molecular flexibility index (Phi) is 5.21. The first-order chi connectivity index (χ1) is 11.2. The Morgan fingerprint density at radius 2 is 1.91 bits per heavy atom. The molecule has 0 atom stereocenters. The second-order valence-electron chi connectivity index (χ2n) is 6.20. The van der Waals surface area contributed by atoms with Crippen molar-refractivity contribution in [3.05, 3.63) is 59.4 Å². The number of anilines is 1. The van der Waals surface area contributed by atoms with Gasteiger partial charge in [-0.05, 0) is 42.5 Å². The topological polar surface area (TPSA) is 24.9 Å². The number of nitrogens with one attached hydrogen (secondary N) is 1. The van der Waals surface area contributed by atoms with Crippen LogP contribution in [0.25, 0.3) is 0 Å². The molecule has 0 bridgehead atoms. The summed E-state index contributed by atoms with van der Waals surface area (Å²) in [5, 5.41) is 3.16. The van der Waals surface area contributed by atoms with Gasteiger partial charge in [-0.15, -0.1) is 0 Å². The molecule has 1 aliphatic carbocycles. The number of benzene rings is 1. The monoisotopic (exact) mass is 316 g/mol. The van der Waals surface area contributed by atoms with Gasteiger partial charge in [0.05, 0.1) is 12.2 Å². The van der Waals surface area contributed by atoms with Crippen LogP contribution in [0.4, 0.5) is 14.5 Å². The fraction of sp³-hybridized carbons (Fsp3) is 0.421. The van der Waals surface area contributed by atoms with Gasteiger partial charge in [0.1, 0.15) is 0 Å². The molecule has 0 amide bonds. The summed E-state index contributed by atoms with van der Waals surface area (Å²) in [6.07, 6.45) is 6.04. The highest BCUT2D eigenvalue weighted by Gasteiger charge is 2.15. The first kappa shape index (κ1) is 15.9. The maximum atomic E-state index is 12.7. The lowest BCUT2D eigenvalue weighted by Crippen LogP contribution is -2.06. The summed E-state index contributed by atoms with van der Waals surface area (Å²) in [4.78, 5) is 4.52. The van der Waals surface area contributed by atoms with E-state index in [0.717, 1.165) is 5.69 Å². The molecule has 1 aromatic carbocycles. The van der Waals surface area contributed by atoms with Crippen LogP contribution in [-0.4, -0.2) is 4.98 Å². The molecule has 0 radical (unpaired) electrons. The van der Waals surface area contributed by atoms with Gasteiger partial charge >= 0.3 is 0 Å². The third-order valence-corrected chi connectivity index (χ3v) is 4.54. The SMILES string of the molecule is FC(F)c1cccc(NCc2ccc(C3CCCCC3)cn2)c1. The summed E-state index contributed by atoms with van der Waals surface area (Å²) in [5.74, 6) is 0.654. The van der Waals surface area contributed by atoms with Crippen molar-refractivity contribution >= 4 is 5.69 Å². The van der Waals surface area contributed by atoms with E-state index >= 15 is 0 Å². The van der Waals surface area contributed by atoms with Gasteiger partial charge < -0.3 is 5.32 Å². The molecule has 1 heterocycles. The minimum Gasteiger partial charge on any atom is -0.379 e. The van der Waals surface area contributed by atoms with Crippen LogP contribution in [0.2, 0.25) is 0 Å². The van der Waals surface area contributed by atoms with Crippen molar-refractivity contribution in [1.82, 2.24) is 4.98 Å². The van der Waals surface area contributed by atoms with Gasteiger partial charge in [-0.2, -0.15) is 0 Å². The average Bonchev–Trinajstić information content (AvgIpc) is 2.61. The largest absolute Gasteiger partial charge is 0.379 e. The molecule has 0 aliphatic heterocycles. The Hall–Kier alpha value is -1.97. The second-order valence-corrected chi connectivity index (χ2v) is 6.20. The van der Waals surface area contributed by atoms with Gasteiger partial charge in [-0.3, -0.25) is 4.98 Å². The van der Waals surface area contributed by atoms with Crippen molar-refractivity contribution < 1.29 is 8.78 Å². The number of hydrogen-bond acceptors (Lipinski definition) is 2. The average molecular weight is 316 g/mol. The molecule has 0 spiro atoms. The number of pyridine rings is 1. The standard InChI is InChI=1S/C19H22F2N2/c20-19(21)15-7-4-8-17(11-15)23-13-18-10-9-16(12-22-18)14-5-2-1-3-6-14/h4,7-12,14,19,23H,1-3,5-6,13H2. The Labute approximate surface area is 136 Å². The highest BCUT2D eigenvalue weighted by molar-refractivity contribution is 5.46. The van der Waals surface area contributed by atoms with Gasteiger partial charge in [-0.1, -0.05) is 37.5 Å². The zero-order valence-electron chi connectivity index (χ0n) is 13.1. The third kappa shape index (κ3) is 4.27. The number of hydrogen-bond donors (Lipinski definition) is 1. The maximum Gasteiger partial charge on any atom is 0.263 e. The highest BCUT2D eigenvalue weighted by Crippen LogP contribution is 2.32. The molecule has 4 heteroatoms. The molecule has 122 valence electrons. The van der Waals surface area contributed by atoms with Crippen molar-refractivity contribution in [2.24, 2.45) is 0 Å². The summed E-state index contributed by atoms with van der Waals surface area (Å²) < 4.78 is 25.4. The van der Waals surface area contributed by atoms with Gasteiger partial charge in [-0.25, -0.2) is 8.78 Å². The van der Waals surface area contributed by atoms with Crippen LogP contribution in [0.5, 0.6) is 0 Å². The maximum absolute atomic E-state index is 12.7. The van der Waals surface area contributed by atoms with Crippen LogP contribution in [0.1, 0.15) is 61.3 Å². The molecule has 1 aliphatic rings. The van der Waals surface area contributed by atoms with Gasteiger partial charge in [0.15, 0.2) is 0 Å². The first-order valence-corrected chi connectivity index (χ1v) is 8.29. The summed E-state index contributed by atoms with van der Waals surface area (Å²) >= 11 is 0. The molecule has 0 saturated heterocycles. The molecule has 1 fully saturated rings. The van der Waals surface area contributed by atoms with E-state index in [2.05, 4.69) is 16.4 Å². The van der Waals surface area contributed by atoms with Gasteiger partial charge in [0.2, 0.25) is 0 Å². The quantitative estimate of drug-likeness (QED) is 0.767. The minimum atomic E-state index is -2.44. The van der Waals surface area contributed by atoms with Crippen LogP contribution >= 0.6 is 0 Å². The van der Waals surface area contributed by atoms with E-state index in [9.17, 15) is 8.78 Å². The van der Waals surface area contributed by atoms with E-state index in [1.165, 1.54) is 49.8 Å². The lowest BCUT2D eigenvalue weighted by molar-refractivity contribution is 0.151. The Balaban J connectivity index is 1.59. The highest BCUT2D eigenvalue weighted by atomic mass is 19.3. The van der Waals surface area contributed by atoms with Gasteiger partial charge in [0.25, 0.3) is 6.43 Å². The summed E-state index contributed by atoms with van der Waals surface area (Å²) in [6, 6.07) is 10.6. The van der Waals surface area contributed by atoms with Crippen LogP contribution < -0.4 is 5.32 Å². The Morgan fingerprint density at radius 1 is 1.09 bits per heavy atom. The van der Waals surface area contributed by atoms with E-state index in [1.807, 2.05) is 12.3 Å². The number of rotatable bonds is 5. The zero-order valence-corrected chi connectivity index (χ0v) is 13.1. The Morgan fingerprint density at radius 3 is 2.61 bits per heavy atom. The van der Waals surface area contributed by atoms with Crippen LogP contribution in [-0.2, 0) is 6.54 Å². The van der Waals surface area contributed by atoms with Crippen molar-refractivity contribution in [3.63, 3.8) is 0 Å². The lowest BCUT2D eigenvalue weighted by Gasteiger charge is -2.21. The molecule has 2 nitrogen and oxygen atoms in total. The predicted molar refractivity (Wildman–Crippen MR) is 88.8 cm³/mol. The normalized spacial score (nSPS) is 15.8. The molecule has 2 aromatic rings. The van der Waals surface area contributed by atoms with Crippen LogP contribution in [0.15, 0.2) is 42.6 Å². The van der Waals surface area contributed by atoms with Gasteiger partial charge in [0, 0.05) is 17.4 Å². The summed E-state index contributed by atoms with van der Waals surface area (Å²) in [7, 11) is 0. The van der Waals surface area contributed by atoms with E-state index < -0.39 is 6.43 Å². The number of aromatic nitrogens is 1. The molecule has 23 heavy (non-hydrogen) atoms. The molecule has 0 unspecified atom stereocenters. The lowest BCUT2D eigenvalue weighted by atomic mass is 9.85. The molecule has 3 rings (SSSR count). The van der Waals surface area contributed by atoms with E-state index in [0.29, 0.717) is 18.2 Å².